The van der Waals surface area contributed by atoms with E-state index in [1.54, 1.807) is 25.3 Å². The van der Waals surface area contributed by atoms with E-state index in [1.165, 1.54) is 13.3 Å². The van der Waals surface area contributed by atoms with Gasteiger partial charge in [-0.1, -0.05) is 11.2 Å². The molecule has 0 aliphatic heterocycles. The van der Waals surface area contributed by atoms with Gasteiger partial charge in [0.1, 0.15) is 0 Å². The molecule has 0 bridgehead atoms. The molecule has 92 valence electrons. The molecular weight excluding hydrogens is 224 g/mol. The molecule has 0 spiro atoms. The van der Waals surface area contributed by atoms with Crippen molar-refractivity contribution in [1.82, 2.24) is 0 Å². The molecular formula is C11H14N2O4. The van der Waals surface area contributed by atoms with Crippen molar-refractivity contribution >= 4 is 12.1 Å². The average Bonchev–Trinajstić information content (AvgIpc) is 2.33. The van der Waals surface area contributed by atoms with E-state index < -0.39 is 5.91 Å². The number of benzene rings is 1. The second-order valence-electron chi connectivity index (χ2n) is 3.06. The van der Waals surface area contributed by atoms with Crippen LogP contribution in [0.4, 0.5) is 0 Å². The lowest BCUT2D eigenvalue weighted by atomic mass is 10.2. The van der Waals surface area contributed by atoms with Crippen molar-refractivity contribution in [2.75, 3.05) is 20.8 Å². The van der Waals surface area contributed by atoms with Gasteiger partial charge in [-0.3, -0.25) is 4.79 Å². The maximum Gasteiger partial charge on any atom is 0.258 e. The number of ether oxygens (including phenoxy) is 2. The van der Waals surface area contributed by atoms with Gasteiger partial charge in [-0.15, -0.1) is 0 Å². The number of rotatable bonds is 6. The highest BCUT2D eigenvalue weighted by molar-refractivity contribution is 5.84. The highest BCUT2D eigenvalue weighted by Gasteiger charge is 2.07. The van der Waals surface area contributed by atoms with Gasteiger partial charge in [0.05, 0.1) is 20.4 Å². The van der Waals surface area contributed by atoms with Crippen LogP contribution in [0.15, 0.2) is 23.4 Å². The molecule has 0 unspecified atom stereocenters. The normalized spacial score (nSPS) is 10.2. The molecule has 0 saturated carbocycles. The first kappa shape index (κ1) is 12.8. The van der Waals surface area contributed by atoms with Gasteiger partial charge in [0.2, 0.25) is 0 Å². The zero-order valence-electron chi connectivity index (χ0n) is 9.67. The van der Waals surface area contributed by atoms with E-state index in [1.807, 2.05) is 0 Å². The number of methoxy groups -OCH3 is 2. The van der Waals surface area contributed by atoms with E-state index >= 15 is 0 Å². The van der Waals surface area contributed by atoms with Gasteiger partial charge in [-0.25, -0.2) is 0 Å². The predicted molar refractivity (Wildman–Crippen MR) is 62.3 cm³/mol. The second kappa shape index (κ2) is 6.37. The molecule has 1 aromatic carbocycles. The molecule has 1 aromatic rings. The molecule has 2 N–H and O–H groups in total. The number of amides is 1. The first-order valence-electron chi connectivity index (χ1n) is 4.83. The lowest BCUT2D eigenvalue weighted by Gasteiger charge is -2.09. The molecule has 0 saturated heterocycles. The highest BCUT2D eigenvalue weighted by Crippen LogP contribution is 2.29. The van der Waals surface area contributed by atoms with Crippen molar-refractivity contribution in [2.24, 2.45) is 10.9 Å². The first-order valence-corrected chi connectivity index (χ1v) is 4.83. The minimum Gasteiger partial charge on any atom is -0.493 e. The summed E-state index contributed by atoms with van der Waals surface area (Å²) in [6.07, 6.45) is 1.42. The third kappa shape index (κ3) is 3.67. The third-order valence-corrected chi connectivity index (χ3v) is 1.91. The van der Waals surface area contributed by atoms with Crippen LogP contribution < -0.4 is 15.2 Å². The summed E-state index contributed by atoms with van der Waals surface area (Å²) in [6, 6.07) is 5.33. The van der Waals surface area contributed by atoms with Crippen LogP contribution >= 0.6 is 0 Å². The Morgan fingerprint density at radius 2 is 2.18 bits per heavy atom. The van der Waals surface area contributed by atoms with Gasteiger partial charge in [-0.2, -0.15) is 0 Å². The molecule has 0 aromatic heterocycles. The third-order valence-electron chi connectivity index (χ3n) is 1.91. The van der Waals surface area contributed by atoms with Crippen LogP contribution in [-0.2, 0) is 9.63 Å². The number of carbonyl (C=O) groups is 1. The Morgan fingerprint density at radius 3 is 2.76 bits per heavy atom. The van der Waals surface area contributed by atoms with Crippen LogP contribution in [0.2, 0.25) is 0 Å². The Hall–Kier alpha value is -2.24. The van der Waals surface area contributed by atoms with Gasteiger partial charge in [-0.05, 0) is 12.1 Å². The number of hydrogen-bond donors (Lipinski definition) is 1. The Kier molecular flexibility index (Phi) is 4.80. The smallest absolute Gasteiger partial charge is 0.258 e. The molecule has 1 amide bonds. The molecule has 0 aliphatic carbocycles. The summed E-state index contributed by atoms with van der Waals surface area (Å²) in [6.45, 7) is -0.261. The van der Waals surface area contributed by atoms with Gasteiger partial charge in [0.25, 0.3) is 5.91 Å². The number of primary amides is 1. The van der Waals surface area contributed by atoms with Crippen LogP contribution in [0.5, 0.6) is 11.5 Å². The Labute approximate surface area is 98.9 Å². The fourth-order valence-electron chi connectivity index (χ4n) is 1.21. The molecule has 6 nitrogen and oxygen atoms in total. The predicted octanol–water partition coefficient (Wildman–Crippen LogP) is 0.540. The zero-order valence-corrected chi connectivity index (χ0v) is 9.67. The van der Waals surface area contributed by atoms with E-state index in [4.69, 9.17) is 15.2 Å². The Balaban J connectivity index is 2.79. The van der Waals surface area contributed by atoms with Gasteiger partial charge < -0.3 is 20.0 Å². The number of carbonyl (C=O) groups excluding carboxylic acids is 1. The van der Waals surface area contributed by atoms with Crippen LogP contribution in [0, 0.1) is 0 Å². The van der Waals surface area contributed by atoms with Gasteiger partial charge in [0.15, 0.2) is 18.1 Å². The van der Waals surface area contributed by atoms with E-state index in [0.717, 1.165) is 0 Å². The van der Waals surface area contributed by atoms with Gasteiger partial charge >= 0.3 is 0 Å². The minimum absolute atomic E-state index is 0.261. The number of para-hydroxylation sites is 1. The maximum absolute atomic E-state index is 10.4. The van der Waals surface area contributed by atoms with E-state index in [9.17, 15) is 4.79 Å². The fraction of sp³-hybridized carbons (Fsp3) is 0.273. The monoisotopic (exact) mass is 238 g/mol. The summed E-state index contributed by atoms with van der Waals surface area (Å²) < 4.78 is 10.3. The Morgan fingerprint density at radius 1 is 1.41 bits per heavy atom. The molecule has 0 atom stereocenters. The van der Waals surface area contributed by atoms with Gasteiger partial charge in [0, 0.05) is 5.56 Å². The molecule has 0 radical (unpaired) electrons. The second-order valence-corrected chi connectivity index (χ2v) is 3.06. The van der Waals surface area contributed by atoms with Crippen LogP contribution in [-0.4, -0.2) is 32.9 Å². The summed E-state index contributed by atoms with van der Waals surface area (Å²) in [4.78, 5) is 15.1. The highest BCUT2D eigenvalue weighted by atomic mass is 16.6. The largest absolute Gasteiger partial charge is 0.493 e. The lowest BCUT2D eigenvalue weighted by molar-refractivity contribution is -0.122. The van der Waals surface area contributed by atoms with Crippen molar-refractivity contribution in [2.45, 2.75) is 0 Å². The molecule has 0 fully saturated rings. The molecule has 1 rings (SSSR count). The zero-order chi connectivity index (χ0) is 12.7. The van der Waals surface area contributed by atoms with Crippen LogP contribution in [0.25, 0.3) is 0 Å². The van der Waals surface area contributed by atoms with E-state index in [0.29, 0.717) is 17.1 Å². The quantitative estimate of drug-likeness (QED) is 0.579. The summed E-state index contributed by atoms with van der Waals surface area (Å²) in [5.74, 6) is 0.549. The van der Waals surface area contributed by atoms with Crippen molar-refractivity contribution < 1.29 is 19.1 Å². The summed E-state index contributed by atoms with van der Waals surface area (Å²) >= 11 is 0. The van der Waals surface area contributed by atoms with Crippen molar-refractivity contribution in [3.63, 3.8) is 0 Å². The van der Waals surface area contributed by atoms with Crippen molar-refractivity contribution in [3.05, 3.63) is 23.8 Å². The lowest BCUT2D eigenvalue weighted by Crippen LogP contribution is -2.16. The topological polar surface area (TPSA) is 83.1 Å². The Bertz CT molecular complexity index is 418. The fourth-order valence-corrected chi connectivity index (χ4v) is 1.21. The average molecular weight is 238 g/mol. The molecule has 0 heterocycles. The number of nitrogens with zero attached hydrogens (tertiary/aromatic N) is 1. The summed E-state index contributed by atoms with van der Waals surface area (Å²) in [5.41, 5.74) is 5.57. The summed E-state index contributed by atoms with van der Waals surface area (Å²) in [7, 11) is 3.07. The maximum atomic E-state index is 10.4. The van der Waals surface area contributed by atoms with E-state index in [2.05, 4.69) is 9.99 Å². The molecule has 6 heteroatoms. The summed E-state index contributed by atoms with van der Waals surface area (Å²) in [5, 5.41) is 3.60. The molecule has 17 heavy (non-hydrogen) atoms. The standard InChI is InChI=1S/C11H14N2O4/c1-15-9-5-3-4-8(11(9)16-2)6-13-17-7-10(12)14/h3-6H,7H2,1-2H3,(H2,12,14)/b13-6+. The van der Waals surface area contributed by atoms with Crippen LogP contribution in [0.3, 0.4) is 0 Å². The number of nitrogens with two attached hydrogens (primary N) is 1. The SMILES string of the molecule is COc1cccc(/C=N/OCC(N)=O)c1OC. The molecule has 0 aliphatic rings. The number of hydrogen-bond acceptors (Lipinski definition) is 5. The minimum atomic E-state index is -0.584. The van der Waals surface area contributed by atoms with Crippen molar-refractivity contribution in [3.8, 4) is 11.5 Å². The van der Waals surface area contributed by atoms with Crippen molar-refractivity contribution in [1.29, 1.82) is 0 Å². The van der Waals surface area contributed by atoms with Crippen LogP contribution in [0.1, 0.15) is 5.56 Å². The first-order chi connectivity index (χ1) is 8.19. The number of oxime groups is 1. The van der Waals surface area contributed by atoms with E-state index in [-0.39, 0.29) is 6.61 Å².